The molecule has 2 rings (SSSR count). The first-order valence-electron chi connectivity index (χ1n) is 6.27. The number of hydrogen-bond acceptors (Lipinski definition) is 3. The smallest absolute Gasteiger partial charge is 0.220 e. The Kier molecular flexibility index (Phi) is 3.57. The van der Waals surface area contributed by atoms with Gasteiger partial charge in [0.2, 0.25) is 5.91 Å². The molecule has 0 aromatic heterocycles. The molecule has 1 atom stereocenters. The van der Waals surface area contributed by atoms with Gasteiger partial charge in [-0.1, -0.05) is 18.2 Å². The topological polar surface area (TPSA) is 61.4 Å². The fourth-order valence-corrected chi connectivity index (χ4v) is 2.15. The highest BCUT2D eigenvalue weighted by atomic mass is 16.3. The van der Waals surface area contributed by atoms with Gasteiger partial charge < -0.3 is 15.7 Å². The van der Waals surface area contributed by atoms with Crippen LogP contribution in [0.2, 0.25) is 0 Å². The summed E-state index contributed by atoms with van der Waals surface area (Å²) in [6.07, 6.45) is 0.458. The van der Waals surface area contributed by atoms with Crippen molar-refractivity contribution in [3.63, 3.8) is 0 Å². The molecule has 0 bridgehead atoms. The Labute approximate surface area is 107 Å². The lowest BCUT2D eigenvalue weighted by molar-refractivity contribution is -0.122. The summed E-state index contributed by atoms with van der Waals surface area (Å²) in [5, 5.41) is 15.6. The van der Waals surface area contributed by atoms with Gasteiger partial charge in [-0.2, -0.15) is 0 Å². The number of amides is 1. The van der Waals surface area contributed by atoms with Crippen LogP contribution in [-0.4, -0.2) is 29.7 Å². The summed E-state index contributed by atoms with van der Waals surface area (Å²) in [6, 6.07) is 8.07. The molecule has 0 radical (unpaired) electrons. The third-order valence-corrected chi connectivity index (χ3v) is 3.09. The molecule has 1 unspecified atom stereocenters. The predicted octanol–water partition coefficient (Wildman–Crippen LogP) is 1.47. The molecule has 0 saturated carbocycles. The van der Waals surface area contributed by atoms with Crippen molar-refractivity contribution in [3.05, 3.63) is 29.8 Å². The van der Waals surface area contributed by atoms with Crippen molar-refractivity contribution < 1.29 is 9.90 Å². The number of carbonyl (C=O) groups excluding carboxylic acids is 1. The van der Waals surface area contributed by atoms with Crippen LogP contribution in [0.3, 0.4) is 0 Å². The van der Waals surface area contributed by atoms with E-state index in [2.05, 4.69) is 16.7 Å². The van der Waals surface area contributed by atoms with E-state index in [-0.39, 0.29) is 18.4 Å². The lowest BCUT2D eigenvalue weighted by Crippen LogP contribution is -2.38. The fourth-order valence-electron chi connectivity index (χ4n) is 2.15. The van der Waals surface area contributed by atoms with Gasteiger partial charge in [0.05, 0.1) is 5.60 Å². The number of fused-ring (bicyclic) bond motifs is 1. The standard InChI is InChI=1S/C14H20N2O2/c1-14(2,18)9-16-13(17)7-10-8-15-12-6-4-3-5-11(10)12/h3-6,10,15,18H,7-9H2,1-2H3,(H,16,17). The first-order chi connectivity index (χ1) is 8.46. The maximum Gasteiger partial charge on any atom is 0.220 e. The Balaban J connectivity index is 1.90. The summed E-state index contributed by atoms with van der Waals surface area (Å²) in [5.41, 5.74) is 1.47. The van der Waals surface area contributed by atoms with E-state index in [9.17, 15) is 9.90 Å². The summed E-state index contributed by atoms with van der Waals surface area (Å²) >= 11 is 0. The monoisotopic (exact) mass is 248 g/mol. The molecule has 1 amide bonds. The SMILES string of the molecule is CC(C)(O)CNC(=O)CC1CNc2ccccc21. The van der Waals surface area contributed by atoms with Gasteiger partial charge in [-0.15, -0.1) is 0 Å². The van der Waals surface area contributed by atoms with E-state index < -0.39 is 5.60 Å². The highest BCUT2D eigenvalue weighted by Gasteiger charge is 2.24. The zero-order chi connectivity index (χ0) is 13.2. The number of carbonyl (C=O) groups is 1. The van der Waals surface area contributed by atoms with E-state index in [1.54, 1.807) is 13.8 Å². The minimum Gasteiger partial charge on any atom is -0.389 e. The molecule has 0 saturated heterocycles. The number of benzene rings is 1. The van der Waals surface area contributed by atoms with Gasteiger partial charge in [0.25, 0.3) is 0 Å². The maximum atomic E-state index is 11.8. The molecule has 1 aromatic rings. The Morgan fingerprint density at radius 2 is 2.22 bits per heavy atom. The molecule has 98 valence electrons. The molecule has 1 aromatic carbocycles. The summed E-state index contributed by atoms with van der Waals surface area (Å²) < 4.78 is 0. The molecule has 1 aliphatic heterocycles. The molecule has 1 aliphatic rings. The van der Waals surface area contributed by atoms with Crippen molar-refractivity contribution >= 4 is 11.6 Å². The Morgan fingerprint density at radius 1 is 1.50 bits per heavy atom. The van der Waals surface area contributed by atoms with Crippen molar-refractivity contribution in [1.82, 2.24) is 5.32 Å². The Morgan fingerprint density at radius 3 is 2.94 bits per heavy atom. The third kappa shape index (κ3) is 3.23. The van der Waals surface area contributed by atoms with Crippen molar-refractivity contribution in [2.45, 2.75) is 31.8 Å². The van der Waals surface area contributed by atoms with Gasteiger partial charge in [0, 0.05) is 31.1 Å². The van der Waals surface area contributed by atoms with Gasteiger partial charge in [0.15, 0.2) is 0 Å². The lowest BCUT2D eigenvalue weighted by atomic mass is 9.97. The number of anilines is 1. The molecule has 0 spiro atoms. The molecule has 4 heteroatoms. The third-order valence-electron chi connectivity index (χ3n) is 3.09. The Bertz CT molecular complexity index is 438. The second-order valence-corrected chi connectivity index (χ2v) is 5.46. The number of hydrogen-bond donors (Lipinski definition) is 3. The summed E-state index contributed by atoms with van der Waals surface area (Å²) in [4.78, 5) is 11.8. The number of nitrogens with one attached hydrogen (secondary N) is 2. The van der Waals surface area contributed by atoms with Crippen LogP contribution in [0.15, 0.2) is 24.3 Å². The second-order valence-electron chi connectivity index (χ2n) is 5.46. The quantitative estimate of drug-likeness (QED) is 0.756. The minimum atomic E-state index is -0.860. The van der Waals surface area contributed by atoms with E-state index in [4.69, 9.17) is 0 Å². The molecular formula is C14H20N2O2. The van der Waals surface area contributed by atoms with Crippen molar-refractivity contribution in [1.29, 1.82) is 0 Å². The maximum absolute atomic E-state index is 11.8. The van der Waals surface area contributed by atoms with E-state index in [1.165, 1.54) is 5.56 Å². The first-order valence-corrected chi connectivity index (χ1v) is 6.27. The van der Waals surface area contributed by atoms with Gasteiger partial charge in [-0.25, -0.2) is 0 Å². The van der Waals surface area contributed by atoms with Crippen LogP contribution in [0.1, 0.15) is 31.7 Å². The number of aliphatic hydroxyl groups is 1. The first kappa shape index (κ1) is 12.9. The fraction of sp³-hybridized carbons (Fsp3) is 0.500. The van der Waals surface area contributed by atoms with Crippen LogP contribution >= 0.6 is 0 Å². The number of rotatable bonds is 4. The van der Waals surface area contributed by atoms with Crippen molar-refractivity contribution in [2.24, 2.45) is 0 Å². The normalized spacial score (nSPS) is 18.1. The minimum absolute atomic E-state index is 0.0133. The number of para-hydroxylation sites is 1. The Hall–Kier alpha value is -1.55. The molecule has 0 aliphatic carbocycles. The predicted molar refractivity (Wildman–Crippen MR) is 71.6 cm³/mol. The van der Waals surface area contributed by atoms with Gasteiger partial charge in [-0.05, 0) is 25.5 Å². The zero-order valence-electron chi connectivity index (χ0n) is 10.9. The zero-order valence-corrected chi connectivity index (χ0v) is 10.9. The van der Waals surface area contributed by atoms with Crippen molar-refractivity contribution in [2.75, 3.05) is 18.4 Å². The second kappa shape index (κ2) is 4.98. The van der Waals surface area contributed by atoms with Gasteiger partial charge in [0.1, 0.15) is 0 Å². The molecule has 1 heterocycles. The van der Waals surface area contributed by atoms with Gasteiger partial charge >= 0.3 is 0 Å². The van der Waals surface area contributed by atoms with Crippen LogP contribution in [0.4, 0.5) is 5.69 Å². The molecule has 18 heavy (non-hydrogen) atoms. The highest BCUT2D eigenvalue weighted by Crippen LogP contribution is 2.32. The van der Waals surface area contributed by atoms with E-state index >= 15 is 0 Å². The van der Waals surface area contributed by atoms with E-state index in [0.29, 0.717) is 6.42 Å². The molecule has 0 fully saturated rings. The van der Waals surface area contributed by atoms with Crippen LogP contribution < -0.4 is 10.6 Å². The van der Waals surface area contributed by atoms with E-state index in [0.717, 1.165) is 12.2 Å². The van der Waals surface area contributed by atoms with Crippen LogP contribution in [0.25, 0.3) is 0 Å². The molecule has 4 nitrogen and oxygen atoms in total. The van der Waals surface area contributed by atoms with Gasteiger partial charge in [-0.3, -0.25) is 4.79 Å². The molecule has 3 N–H and O–H groups in total. The lowest BCUT2D eigenvalue weighted by Gasteiger charge is -2.18. The molecular weight excluding hydrogens is 228 g/mol. The van der Waals surface area contributed by atoms with Crippen LogP contribution in [0, 0.1) is 0 Å². The summed E-state index contributed by atoms with van der Waals surface area (Å²) in [6.45, 7) is 4.45. The largest absolute Gasteiger partial charge is 0.389 e. The summed E-state index contributed by atoms with van der Waals surface area (Å²) in [5.74, 6) is 0.212. The summed E-state index contributed by atoms with van der Waals surface area (Å²) in [7, 11) is 0. The van der Waals surface area contributed by atoms with Crippen LogP contribution in [-0.2, 0) is 4.79 Å². The van der Waals surface area contributed by atoms with Crippen LogP contribution in [0.5, 0.6) is 0 Å². The van der Waals surface area contributed by atoms with Crippen molar-refractivity contribution in [3.8, 4) is 0 Å². The average Bonchev–Trinajstić information content (AvgIpc) is 2.70. The highest BCUT2D eigenvalue weighted by molar-refractivity contribution is 5.78. The van der Waals surface area contributed by atoms with E-state index in [1.807, 2.05) is 18.2 Å². The average molecular weight is 248 g/mol.